The molecular formula is C26H36O4. The average Bonchev–Trinajstić information content (AvgIpc) is 2.76. The van der Waals surface area contributed by atoms with Crippen LogP contribution >= 0.6 is 0 Å². The van der Waals surface area contributed by atoms with E-state index in [1.54, 1.807) is 13.0 Å². The molecule has 0 amide bonds. The van der Waals surface area contributed by atoms with Gasteiger partial charge in [0.05, 0.1) is 0 Å². The molecule has 5 rings (SSSR count). The van der Waals surface area contributed by atoms with Crippen LogP contribution in [0.25, 0.3) is 0 Å². The fourth-order valence-electron chi connectivity index (χ4n) is 6.65. The van der Waals surface area contributed by atoms with Crippen LogP contribution in [0.3, 0.4) is 0 Å². The summed E-state index contributed by atoms with van der Waals surface area (Å²) in [5.74, 6) is 1.95. The first-order valence-electron chi connectivity index (χ1n) is 11.4. The lowest BCUT2D eigenvalue weighted by molar-refractivity contribution is -0.0161. The SMILES string of the molecule is Cc1c(O)ccc(C2CCCC3C2Oc2c(ccc(O)c2C)C32CCCCC2)c1O.[HH].[HH]. The van der Waals surface area contributed by atoms with Crippen LogP contribution in [-0.2, 0) is 5.41 Å². The Hall–Kier alpha value is -2.36. The summed E-state index contributed by atoms with van der Waals surface area (Å²) in [5, 5.41) is 31.3. The molecule has 164 valence electrons. The van der Waals surface area contributed by atoms with Crippen molar-refractivity contribution in [1.82, 2.24) is 0 Å². The molecule has 2 aliphatic carbocycles. The summed E-state index contributed by atoms with van der Waals surface area (Å²) in [6, 6.07) is 7.50. The number of fused-ring (bicyclic) bond motifs is 4. The zero-order valence-electron chi connectivity index (χ0n) is 17.9. The molecule has 4 heteroatoms. The van der Waals surface area contributed by atoms with Gasteiger partial charge in [-0.15, -0.1) is 0 Å². The molecule has 1 spiro atoms. The van der Waals surface area contributed by atoms with E-state index in [-0.39, 0.29) is 37.5 Å². The van der Waals surface area contributed by atoms with Crippen molar-refractivity contribution in [2.24, 2.45) is 5.92 Å². The molecule has 2 saturated carbocycles. The summed E-state index contributed by atoms with van der Waals surface area (Å²) in [6.07, 6.45) is 9.27. The molecule has 0 saturated heterocycles. The quantitative estimate of drug-likeness (QED) is 0.503. The van der Waals surface area contributed by atoms with Crippen molar-refractivity contribution in [2.75, 3.05) is 0 Å². The second kappa shape index (κ2) is 7.11. The van der Waals surface area contributed by atoms with Crippen molar-refractivity contribution < 1.29 is 22.9 Å². The van der Waals surface area contributed by atoms with Crippen LogP contribution in [0.1, 0.15) is 82.4 Å². The largest absolute Gasteiger partial charge is 0.508 e. The number of benzene rings is 2. The third kappa shape index (κ3) is 2.72. The van der Waals surface area contributed by atoms with Crippen LogP contribution in [-0.4, -0.2) is 21.4 Å². The Labute approximate surface area is 181 Å². The molecule has 2 aromatic rings. The first-order chi connectivity index (χ1) is 14.4. The van der Waals surface area contributed by atoms with Crippen LogP contribution in [0.15, 0.2) is 24.3 Å². The van der Waals surface area contributed by atoms with Crippen LogP contribution in [0.5, 0.6) is 23.0 Å². The number of phenolic OH excluding ortho intramolecular Hbond substituents is 3. The van der Waals surface area contributed by atoms with Crippen LogP contribution in [0.4, 0.5) is 0 Å². The van der Waals surface area contributed by atoms with E-state index in [4.69, 9.17) is 4.74 Å². The van der Waals surface area contributed by atoms with Crippen molar-refractivity contribution in [3.05, 3.63) is 46.5 Å². The van der Waals surface area contributed by atoms with E-state index in [0.29, 0.717) is 11.5 Å². The van der Waals surface area contributed by atoms with Crippen LogP contribution in [0.2, 0.25) is 0 Å². The Morgan fingerprint density at radius 3 is 2.33 bits per heavy atom. The predicted octanol–water partition coefficient (Wildman–Crippen LogP) is 6.46. The maximum atomic E-state index is 10.9. The number of hydrogen-bond acceptors (Lipinski definition) is 4. The monoisotopic (exact) mass is 412 g/mol. The first kappa shape index (κ1) is 19.6. The summed E-state index contributed by atoms with van der Waals surface area (Å²) < 4.78 is 6.73. The number of ether oxygens (including phenoxy) is 1. The van der Waals surface area contributed by atoms with E-state index < -0.39 is 0 Å². The standard InChI is InChI=1S/C26H32O4.2H2/c1-15-21(27)11-9-17(23(15)29)18-7-6-8-19-25(18)30-24-16(2)22(28)12-10-20(24)26(19)13-4-3-5-14-26;;/h9-12,18-19,25,27-29H,3-8,13-14H2,1-2H3;2*1H. The summed E-state index contributed by atoms with van der Waals surface area (Å²) in [6.45, 7) is 3.71. The molecule has 2 fully saturated rings. The van der Waals surface area contributed by atoms with Gasteiger partial charge in [0.25, 0.3) is 0 Å². The summed E-state index contributed by atoms with van der Waals surface area (Å²) in [7, 11) is 0. The Kier molecular flexibility index (Phi) is 4.64. The molecule has 3 aliphatic rings. The van der Waals surface area contributed by atoms with Gasteiger partial charge in [-0.3, -0.25) is 0 Å². The van der Waals surface area contributed by atoms with E-state index in [9.17, 15) is 15.3 Å². The van der Waals surface area contributed by atoms with E-state index in [0.717, 1.165) is 36.1 Å². The minimum Gasteiger partial charge on any atom is -0.508 e. The van der Waals surface area contributed by atoms with Crippen LogP contribution in [0, 0.1) is 19.8 Å². The summed E-state index contributed by atoms with van der Waals surface area (Å²) in [4.78, 5) is 0. The van der Waals surface area contributed by atoms with Gasteiger partial charge in [0.15, 0.2) is 0 Å². The van der Waals surface area contributed by atoms with E-state index in [2.05, 4.69) is 6.07 Å². The maximum absolute atomic E-state index is 10.9. The molecule has 3 atom stereocenters. The van der Waals surface area contributed by atoms with Gasteiger partial charge in [0.1, 0.15) is 29.1 Å². The molecule has 0 bridgehead atoms. The lowest BCUT2D eigenvalue weighted by Crippen LogP contribution is -2.53. The molecule has 2 aromatic carbocycles. The predicted molar refractivity (Wildman–Crippen MR) is 121 cm³/mol. The average molecular weight is 413 g/mol. The topological polar surface area (TPSA) is 69.9 Å². The summed E-state index contributed by atoms with van der Waals surface area (Å²) in [5.41, 5.74) is 3.62. The highest BCUT2D eigenvalue weighted by Gasteiger charge is 2.54. The highest BCUT2D eigenvalue weighted by atomic mass is 16.5. The van der Waals surface area contributed by atoms with Crippen molar-refractivity contribution >= 4 is 0 Å². The van der Waals surface area contributed by atoms with Gasteiger partial charge in [0.2, 0.25) is 0 Å². The maximum Gasteiger partial charge on any atom is 0.130 e. The Bertz CT molecular complexity index is 984. The smallest absolute Gasteiger partial charge is 0.130 e. The minimum absolute atomic E-state index is 0. The van der Waals surface area contributed by atoms with Crippen molar-refractivity contribution in [3.63, 3.8) is 0 Å². The van der Waals surface area contributed by atoms with Gasteiger partial charge in [-0.05, 0) is 51.7 Å². The fraction of sp³-hybridized carbons (Fsp3) is 0.538. The lowest BCUT2D eigenvalue weighted by Gasteiger charge is -2.55. The zero-order valence-corrected chi connectivity index (χ0v) is 17.9. The van der Waals surface area contributed by atoms with E-state index in [1.807, 2.05) is 19.1 Å². The molecule has 0 radical (unpaired) electrons. The summed E-state index contributed by atoms with van der Waals surface area (Å²) >= 11 is 0. The Balaban J connectivity index is 0.00000144. The van der Waals surface area contributed by atoms with E-state index >= 15 is 0 Å². The molecule has 3 unspecified atom stereocenters. The van der Waals surface area contributed by atoms with Gasteiger partial charge >= 0.3 is 0 Å². The molecule has 0 aromatic heterocycles. The molecule has 4 nitrogen and oxygen atoms in total. The van der Waals surface area contributed by atoms with Gasteiger partial charge in [-0.1, -0.05) is 37.8 Å². The third-order valence-electron chi connectivity index (χ3n) is 8.28. The highest BCUT2D eigenvalue weighted by molar-refractivity contribution is 5.55. The lowest BCUT2D eigenvalue weighted by atomic mass is 9.54. The normalized spacial score (nSPS) is 27.2. The Morgan fingerprint density at radius 1 is 0.867 bits per heavy atom. The minimum atomic E-state index is -0.0281. The van der Waals surface area contributed by atoms with Gasteiger partial charge < -0.3 is 20.1 Å². The molecular weight excluding hydrogens is 376 g/mol. The molecule has 1 aliphatic heterocycles. The number of aromatic hydroxyl groups is 3. The van der Waals surface area contributed by atoms with Gasteiger partial charge in [-0.25, -0.2) is 0 Å². The highest BCUT2D eigenvalue weighted by Crippen LogP contribution is 2.60. The van der Waals surface area contributed by atoms with Crippen molar-refractivity contribution in [1.29, 1.82) is 0 Å². The second-order valence-electron chi connectivity index (χ2n) is 9.68. The second-order valence-corrected chi connectivity index (χ2v) is 9.68. The molecule has 30 heavy (non-hydrogen) atoms. The molecule has 3 N–H and O–H groups in total. The number of rotatable bonds is 1. The van der Waals surface area contributed by atoms with Crippen molar-refractivity contribution in [3.8, 4) is 23.0 Å². The molecule has 1 heterocycles. The third-order valence-corrected chi connectivity index (χ3v) is 8.28. The fourth-order valence-corrected chi connectivity index (χ4v) is 6.65. The Morgan fingerprint density at radius 2 is 1.57 bits per heavy atom. The first-order valence-corrected chi connectivity index (χ1v) is 11.4. The van der Waals surface area contributed by atoms with Crippen molar-refractivity contribution in [2.45, 2.75) is 82.7 Å². The van der Waals surface area contributed by atoms with E-state index in [1.165, 1.54) is 37.7 Å². The van der Waals surface area contributed by atoms with Crippen LogP contribution < -0.4 is 4.74 Å². The number of phenols is 3. The van der Waals surface area contributed by atoms with Gasteiger partial charge in [-0.2, -0.15) is 0 Å². The number of hydrogen-bond donors (Lipinski definition) is 3. The van der Waals surface area contributed by atoms with Gasteiger partial charge in [0, 0.05) is 42.4 Å². The zero-order chi connectivity index (χ0) is 21.0.